The summed E-state index contributed by atoms with van der Waals surface area (Å²) in [6, 6.07) is 5.54. The normalized spacial score (nSPS) is 10.3. The van der Waals surface area contributed by atoms with Crippen molar-refractivity contribution in [2.24, 2.45) is 7.05 Å². The zero-order valence-corrected chi connectivity index (χ0v) is 12.1. The van der Waals surface area contributed by atoms with Crippen molar-refractivity contribution < 1.29 is 9.59 Å². The molecular weight excluding hydrogens is 310 g/mol. The van der Waals surface area contributed by atoms with E-state index in [2.05, 4.69) is 26.3 Å². The van der Waals surface area contributed by atoms with Crippen LogP contribution in [0.25, 0.3) is 0 Å². The van der Waals surface area contributed by atoms with Crippen LogP contribution >= 0.6 is 15.9 Å². The van der Waals surface area contributed by atoms with E-state index >= 15 is 0 Å². The highest BCUT2D eigenvalue weighted by atomic mass is 79.9. The van der Waals surface area contributed by atoms with E-state index in [-0.39, 0.29) is 17.2 Å². The standard InChI is InChI=1S/C13H12BrN3O2/c1-8-5-10(14)3-4-11(8)16-13(19)12-9(7-18)6-15-17(12)2/h3-7H,1-2H3,(H,16,19). The van der Waals surface area contributed by atoms with Crippen molar-refractivity contribution >= 4 is 33.8 Å². The number of carbonyl (C=O) groups excluding carboxylic acids is 2. The summed E-state index contributed by atoms with van der Waals surface area (Å²) in [6.07, 6.45) is 1.99. The molecule has 1 N–H and O–H groups in total. The Morgan fingerprint density at radius 2 is 2.21 bits per heavy atom. The van der Waals surface area contributed by atoms with E-state index in [1.807, 2.05) is 19.1 Å². The third kappa shape index (κ3) is 2.73. The molecule has 6 heteroatoms. The van der Waals surface area contributed by atoms with Crippen LogP contribution in [-0.2, 0) is 7.05 Å². The Kier molecular flexibility index (Phi) is 3.80. The van der Waals surface area contributed by atoms with Crippen molar-refractivity contribution in [3.8, 4) is 0 Å². The van der Waals surface area contributed by atoms with Crippen LogP contribution in [0.5, 0.6) is 0 Å². The number of rotatable bonds is 3. The number of nitrogens with one attached hydrogen (secondary N) is 1. The molecule has 2 rings (SSSR count). The van der Waals surface area contributed by atoms with E-state index in [0.717, 1.165) is 10.0 Å². The Morgan fingerprint density at radius 3 is 2.84 bits per heavy atom. The highest BCUT2D eigenvalue weighted by molar-refractivity contribution is 9.10. The molecule has 0 radical (unpaired) electrons. The lowest BCUT2D eigenvalue weighted by molar-refractivity contribution is 0.101. The summed E-state index contributed by atoms with van der Waals surface area (Å²) in [7, 11) is 1.62. The number of benzene rings is 1. The first-order chi connectivity index (χ1) is 9.02. The zero-order chi connectivity index (χ0) is 14.0. The summed E-state index contributed by atoms with van der Waals surface area (Å²) in [5.41, 5.74) is 2.15. The number of anilines is 1. The molecule has 5 nitrogen and oxygen atoms in total. The monoisotopic (exact) mass is 321 g/mol. The first-order valence-corrected chi connectivity index (χ1v) is 6.37. The Hall–Kier alpha value is -1.95. The zero-order valence-electron chi connectivity index (χ0n) is 10.5. The van der Waals surface area contributed by atoms with Crippen LogP contribution in [0.3, 0.4) is 0 Å². The summed E-state index contributed by atoms with van der Waals surface area (Å²) in [6.45, 7) is 1.89. The molecule has 1 aromatic carbocycles. The van der Waals surface area contributed by atoms with Gasteiger partial charge in [0.25, 0.3) is 5.91 Å². The molecule has 1 amide bonds. The number of nitrogens with zero attached hydrogens (tertiary/aromatic N) is 2. The van der Waals surface area contributed by atoms with Crippen LogP contribution < -0.4 is 5.32 Å². The van der Waals surface area contributed by atoms with E-state index in [0.29, 0.717) is 12.0 Å². The molecule has 0 aliphatic heterocycles. The second-order valence-electron chi connectivity index (χ2n) is 4.10. The molecule has 0 saturated heterocycles. The van der Waals surface area contributed by atoms with Gasteiger partial charge in [-0.25, -0.2) is 0 Å². The first kappa shape index (κ1) is 13.5. The van der Waals surface area contributed by atoms with Crippen LogP contribution in [-0.4, -0.2) is 22.0 Å². The van der Waals surface area contributed by atoms with Gasteiger partial charge in [0, 0.05) is 17.2 Å². The van der Waals surface area contributed by atoms with Crippen LogP contribution in [0, 0.1) is 6.92 Å². The van der Waals surface area contributed by atoms with Crippen LogP contribution in [0.4, 0.5) is 5.69 Å². The fourth-order valence-electron chi connectivity index (χ4n) is 1.77. The van der Waals surface area contributed by atoms with Crippen molar-refractivity contribution in [1.82, 2.24) is 9.78 Å². The fourth-order valence-corrected chi connectivity index (χ4v) is 2.24. The lowest BCUT2D eigenvalue weighted by Gasteiger charge is -2.09. The number of carbonyl (C=O) groups is 2. The highest BCUT2D eigenvalue weighted by Gasteiger charge is 2.17. The topological polar surface area (TPSA) is 64.0 Å². The van der Waals surface area contributed by atoms with Gasteiger partial charge in [0.1, 0.15) is 5.69 Å². The van der Waals surface area contributed by atoms with E-state index in [1.165, 1.54) is 10.9 Å². The van der Waals surface area contributed by atoms with Gasteiger partial charge in [-0.05, 0) is 30.7 Å². The van der Waals surface area contributed by atoms with Crippen molar-refractivity contribution in [2.75, 3.05) is 5.32 Å². The van der Waals surface area contributed by atoms with Gasteiger partial charge in [-0.1, -0.05) is 15.9 Å². The summed E-state index contributed by atoms with van der Waals surface area (Å²) < 4.78 is 2.32. The summed E-state index contributed by atoms with van der Waals surface area (Å²) in [5, 5.41) is 6.68. The number of aromatic nitrogens is 2. The summed E-state index contributed by atoms with van der Waals surface area (Å²) in [5.74, 6) is -0.354. The predicted octanol–water partition coefficient (Wildman–Crippen LogP) is 2.56. The van der Waals surface area contributed by atoms with Crippen LogP contribution in [0.1, 0.15) is 26.4 Å². The van der Waals surface area contributed by atoms with Gasteiger partial charge >= 0.3 is 0 Å². The molecule has 0 bridgehead atoms. The molecule has 0 spiro atoms. The van der Waals surface area contributed by atoms with Gasteiger partial charge in [0.05, 0.1) is 11.8 Å². The molecule has 0 unspecified atom stereocenters. The second kappa shape index (κ2) is 5.36. The number of hydrogen-bond acceptors (Lipinski definition) is 3. The Morgan fingerprint density at radius 1 is 1.47 bits per heavy atom. The van der Waals surface area contributed by atoms with E-state index < -0.39 is 0 Å². The van der Waals surface area contributed by atoms with Crippen molar-refractivity contribution in [3.05, 3.63) is 45.7 Å². The minimum atomic E-state index is -0.354. The third-order valence-corrected chi connectivity index (χ3v) is 3.24. The van der Waals surface area contributed by atoms with Gasteiger partial charge in [-0.2, -0.15) is 5.10 Å². The second-order valence-corrected chi connectivity index (χ2v) is 5.02. The molecule has 1 aromatic heterocycles. The van der Waals surface area contributed by atoms with Crippen molar-refractivity contribution in [1.29, 1.82) is 0 Å². The van der Waals surface area contributed by atoms with Gasteiger partial charge < -0.3 is 5.32 Å². The van der Waals surface area contributed by atoms with Crippen molar-refractivity contribution in [3.63, 3.8) is 0 Å². The van der Waals surface area contributed by atoms with E-state index in [1.54, 1.807) is 13.1 Å². The maximum absolute atomic E-state index is 12.2. The average Bonchev–Trinajstić information content (AvgIpc) is 2.74. The molecule has 98 valence electrons. The molecule has 1 heterocycles. The molecule has 19 heavy (non-hydrogen) atoms. The maximum Gasteiger partial charge on any atom is 0.274 e. The lowest BCUT2D eigenvalue weighted by atomic mass is 10.2. The Labute approximate surface area is 118 Å². The van der Waals surface area contributed by atoms with E-state index in [4.69, 9.17) is 0 Å². The SMILES string of the molecule is Cc1cc(Br)ccc1NC(=O)c1c(C=O)cnn1C. The quantitative estimate of drug-likeness (QED) is 0.883. The lowest BCUT2D eigenvalue weighted by Crippen LogP contribution is -2.18. The highest BCUT2D eigenvalue weighted by Crippen LogP contribution is 2.21. The van der Waals surface area contributed by atoms with Gasteiger partial charge in [-0.3, -0.25) is 14.3 Å². The number of aryl methyl sites for hydroxylation is 2. The number of aldehydes is 1. The van der Waals surface area contributed by atoms with Gasteiger partial charge in [0.2, 0.25) is 0 Å². The molecule has 0 saturated carbocycles. The molecule has 2 aromatic rings. The number of halogens is 1. The smallest absolute Gasteiger partial charge is 0.274 e. The molecule has 0 fully saturated rings. The maximum atomic E-state index is 12.2. The van der Waals surface area contributed by atoms with Gasteiger partial charge in [0.15, 0.2) is 6.29 Å². The fraction of sp³-hybridized carbons (Fsp3) is 0.154. The molecule has 0 atom stereocenters. The third-order valence-electron chi connectivity index (χ3n) is 2.75. The van der Waals surface area contributed by atoms with Crippen molar-refractivity contribution in [2.45, 2.75) is 6.92 Å². The van der Waals surface area contributed by atoms with Crippen LogP contribution in [0.15, 0.2) is 28.9 Å². The summed E-state index contributed by atoms with van der Waals surface area (Å²) >= 11 is 3.36. The first-order valence-electron chi connectivity index (χ1n) is 5.57. The largest absolute Gasteiger partial charge is 0.320 e. The Bertz CT molecular complexity index is 649. The molecule has 0 aliphatic carbocycles. The average molecular weight is 322 g/mol. The number of amides is 1. The number of hydrogen-bond donors (Lipinski definition) is 1. The predicted molar refractivity (Wildman–Crippen MR) is 75.4 cm³/mol. The minimum absolute atomic E-state index is 0.248. The van der Waals surface area contributed by atoms with Crippen LogP contribution in [0.2, 0.25) is 0 Å². The minimum Gasteiger partial charge on any atom is -0.320 e. The van der Waals surface area contributed by atoms with Gasteiger partial charge in [-0.15, -0.1) is 0 Å². The summed E-state index contributed by atoms with van der Waals surface area (Å²) in [4.78, 5) is 23.0. The van der Waals surface area contributed by atoms with E-state index in [9.17, 15) is 9.59 Å². The molecule has 0 aliphatic rings. The Balaban J connectivity index is 2.30. The molecular formula is C13H12BrN3O2.